The molecule has 0 unspecified atom stereocenters. The molecule has 0 heterocycles. The van der Waals surface area contributed by atoms with Gasteiger partial charge in [-0.15, -0.1) is 0 Å². The normalized spacial score (nSPS) is 21.2. The van der Waals surface area contributed by atoms with Gasteiger partial charge in [-0.25, -0.2) is 0 Å². The predicted molar refractivity (Wildman–Crippen MR) is 61.6 cm³/mol. The monoisotopic (exact) mass is 217 g/mol. The number of fused-ring (bicyclic) bond motifs is 2. The van der Waals surface area contributed by atoms with Crippen LogP contribution in [0.25, 0.3) is 0 Å². The van der Waals surface area contributed by atoms with Crippen LogP contribution in [-0.4, -0.2) is 4.92 Å². The number of nitro benzene ring substituents is 1. The summed E-state index contributed by atoms with van der Waals surface area (Å²) >= 11 is 0. The Labute approximate surface area is 94.6 Å². The third-order valence-corrected chi connectivity index (χ3v) is 4.08. The summed E-state index contributed by atoms with van der Waals surface area (Å²) in [6.45, 7) is 0. The van der Waals surface area contributed by atoms with Crippen molar-refractivity contribution >= 4 is 5.69 Å². The average Bonchev–Trinajstić information content (AvgIpc) is 3.07. The van der Waals surface area contributed by atoms with Crippen molar-refractivity contribution in [2.75, 3.05) is 0 Å². The van der Waals surface area contributed by atoms with Gasteiger partial charge in [-0.2, -0.15) is 0 Å². The van der Waals surface area contributed by atoms with E-state index in [-0.39, 0.29) is 10.6 Å². The average molecular weight is 217 g/mol. The Hall–Kier alpha value is -1.38. The molecule has 0 bridgehead atoms. The van der Waals surface area contributed by atoms with E-state index in [4.69, 9.17) is 0 Å². The lowest BCUT2D eigenvalue weighted by atomic mass is 9.89. The first kappa shape index (κ1) is 9.82. The molecule has 3 nitrogen and oxygen atoms in total. The Morgan fingerprint density at radius 1 is 1.19 bits per heavy atom. The highest BCUT2D eigenvalue weighted by Crippen LogP contribution is 2.55. The maximum atomic E-state index is 10.8. The van der Waals surface area contributed by atoms with E-state index in [1.165, 1.54) is 43.2 Å². The molecule has 0 N–H and O–H groups in total. The molecular formula is C13H15NO2. The summed E-state index contributed by atoms with van der Waals surface area (Å²) in [6, 6.07) is 5.45. The molecule has 1 saturated carbocycles. The molecule has 1 spiro atoms. The summed E-state index contributed by atoms with van der Waals surface area (Å²) in [6.07, 6.45) is 7.26. The van der Waals surface area contributed by atoms with E-state index in [0.717, 1.165) is 6.42 Å². The largest absolute Gasteiger partial charge is 0.269 e. The molecule has 84 valence electrons. The van der Waals surface area contributed by atoms with E-state index in [1.54, 1.807) is 6.07 Å². The maximum absolute atomic E-state index is 10.8. The minimum Gasteiger partial charge on any atom is -0.258 e. The van der Waals surface area contributed by atoms with E-state index < -0.39 is 0 Å². The van der Waals surface area contributed by atoms with E-state index in [9.17, 15) is 10.1 Å². The summed E-state index contributed by atoms with van der Waals surface area (Å²) < 4.78 is 0. The van der Waals surface area contributed by atoms with Crippen molar-refractivity contribution in [3.63, 3.8) is 0 Å². The summed E-state index contributed by atoms with van der Waals surface area (Å²) in [7, 11) is 0. The van der Waals surface area contributed by atoms with Crippen molar-refractivity contribution in [1.82, 2.24) is 0 Å². The molecule has 2 aliphatic rings. The number of nitrogens with zero attached hydrogens (tertiary/aromatic N) is 1. The second-order valence-corrected chi connectivity index (χ2v) is 5.09. The second kappa shape index (κ2) is 3.30. The van der Waals surface area contributed by atoms with Gasteiger partial charge in [-0.1, -0.05) is 12.5 Å². The van der Waals surface area contributed by atoms with Gasteiger partial charge in [0.25, 0.3) is 5.69 Å². The molecule has 0 saturated heterocycles. The number of rotatable bonds is 1. The number of hydrogen-bond donors (Lipinski definition) is 0. The third-order valence-electron chi connectivity index (χ3n) is 4.08. The fourth-order valence-electron chi connectivity index (χ4n) is 2.97. The molecule has 16 heavy (non-hydrogen) atoms. The first-order valence-corrected chi connectivity index (χ1v) is 5.99. The molecule has 3 rings (SSSR count). The van der Waals surface area contributed by atoms with Crippen LogP contribution in [0.3, 0.4) is 0 Å². The minimum absolute atomic E-state index is 0.256. The second-order valence-electron chi connectivity index (χ2n) is 5.09. The molecule has 1 aromatic carbocycles. The lowest BCUT2D eigenvalue weighted by Crippen LogP contribution is -2.07. The van der Waals surface area contributed by atoms with Crippen molar-refractivity contribution in [2.24, 2.45) is 0 Å². The molecule has 0 atom stereocenters. The number of aryl methyl sites for hydroxylation is 1. The quantitative estimate of drug-likeness (QED) is 0.534. The Kier molecular flexibility index (Phi) is 2.03. The van der Waals surface area contributed by atoms with Crippen molar-refractivity contribution in [2.45, 2.75) is 43.9 Å². The van der Waals surface area contributed by atoms with Gasteiger partial charge in [0.15, 0.2) is 0 Å². The first-order valence-electron chi connectivity index (χ1n) is 5.99. The summed E-state index contributed by atoms with van der Waals surface area (Å²) in [5.74, 6) is 0. The molecule has 2 aliphatic carbocycles. The predicted octanol–water partition coefficient (Wildman–Crippen LogP) is 3.35. The highest BCUT2D eigenvalue weighted by Gasteiger charge is 2.46. The summed E-state index contributed by atoms with van der Waals surface area (Å²) in [4.78, 5) is 10.5. The molecule has 0 amide bonds. The van der Waals surface area contributed by atoms with Gasteiger partial charge in [0.2, 0.25) is 0 Å². The van der Waals surface area contributed by atoms with E-state index in [1.807, 2.05) is 12.1 Å². The van der Waals surface area contributed by atoms with Crippen LogP contribution in [0.2, 0.25) is 0 Å². The summed E-state index contributed by atoms with van der Waals surface area (Å²) in [5.41, 5.74) is 3.20. The highest BCUT2D eigenvalue weighted by molar-refractivity contribution is 5.47. The van der Waals surface area contributed by atoms with Gasteiger partial charge in [0.1, 0.15) is 0 Å². The van der Waals surface area contributed by atoms with Crippen molar-refractivity contribution in [3.8, 4) is 0 Å². The molecule has 3 heteroatoms. The Morgan fingerprint density at radius 3 is 2.69 bits per heavy atom. The Morgan fingerprint density at radius 2 is 2.00 bits per heavy atom. The zero-order valence-electron chi connectivity index (χ0n) is 9.24. The van der Waals surface area contributed by atoms with Gasteiger partial charge in [0.05, 0.1) is 4.92 Å². The van der Waals surface area contributed by atoms with Crippen molar-refractivity contribution in [1.29, 1.82) is 0 Å². The molecule has 1 fully saturated rings. The van der Waals surface area contributed by atoms with Crippen molar-refractivity contribution in [3.05, 3.63) is 39.4 Å². The van der Waals surface area contributed by atoms with Gasteiger partial charge < -0.3 is 0 Å². The summed E-state index contributed by atoms with van der Waals surface area (Å²) in [5, 5.41) is 10.8. The smallest absolute Gasteiger partial charge is 0.258 e. The third kappa shape index (κ3) is 1.42. The SMILES string of the molecule is O=[N+]([O-])c1ccc2c(c1)C1(CCCC2)CC1. The fourth-order valence-corrected chi connectivity index (χ4v) is 2.97. The number of nitro groups is 1. The van der Waals surface area contributed by atoms with Crippen LogP contribution in [0.5, 0.6) is 0 Å². The van der Waals surface area contributed by atoms with Gasteiger partial charge in [0, 0.05) is 12.1 Å². The van der Waals surface area contributed by atoms with Crippen LogP contribution in [0, 0.1) is 10.1 Å². The fraction of sp³-hybridized carbons (Fsp3) is 0.538. The molecular weight excluding hydrogens is 202 g/mol. The minimum atomic E-state index is -0.277. The molecule has 0 aliphatic heterocycles. The van der Waals surface area contributed by atoms with Gasteiger partial charge in [-0.05, 0) is 48.6 Å². The van der Waals surface area contributed by atoms with Crippen molar-refractivity contribution < 1.29 is 4.92 Å². The topological polar surface area (TPSA) is 43.1 Å². The van der Waals surface area contributed by atoms with Crippen LogP contribution in [0.4, 0.5) is 5.69 Å². The number of non-ortho nitro benzene ring substituents is 1. The standard InChI is InChI=1S/C13H15NO2/c15-14(16)11-5-4-10-3-1-2-6-13(7-8-13)12(10)9-11/h4-5,9H,1-3,6-8H2. The zero-order valence-corrected chi connectivity index (χ0v) is 9.24. The van der Waals surface area contributed by atoms with E-state index >= 15 is 0 Å². The Bertz CT molecular complexity index is 449. The van der Waals surface area contributed by atoms with E-state index in [2.05, 4.69) is 0 Å². The molecule has 0 radical (unpaired) electrons. The van der Waals surface area contributed by atoms with Crippen LogP contribution in [0.15, 0.2) is 18.2 Å². The first-order chi connectivity index (χ1) is 7.71. The maximum Gasteiger partial charge on any atom is 0.269 e. The lowest BCUT2D eigenvalue weighted by molar-refractivity contribution is -0.385. The Balaban J connectivity index is 2.10. The van der Waals surface area contributed by atoms with Crippen LogP contribution >= 0.6 is 0 Å². The number of benzene rings is 1. The highest BCUT2D eigenvalue weighted by atomic mass is 16.6. The van der Waals surface area contributed by atoms with E-state index in [0.29, 0.717) is 5.41 Å². The molecule has 0 aromatic heterocycles. The van der Waals surface area contributed by atoms with Crippen LogP contribution < -0.4 is 0 Å². The molecule has 1 aromatic rings. The van der Waals surface area contributed by atoms with Gasteiger partial charge >= 0.3 is 0 Å². The lowest BCUT2D eigenvalue weighted by Gasteiger charge is -2.15. The zero-order chi connectivity index (χ0) is 11.2. The van der Waals surface area contributed by atoms with Gasteiger partial charge in [-0.3, -0.25) is 10.1 Å². The van der Waals surface area contributed by atoms with Crippen LogP contribution in [0.1, 0.15) is 43.2 Å². The number of hydrogen-bond acceptors (Lipinski definition) is 2. The van der Waals surface area contributed by atoms with Crippen LogP contribution in [-0.2, 0) is 11.8 Å².